The van der Waals surface area contributed by atoms with Crippen molar-refractivity contribution in [2.75, 3.05) is 53.4 Å². The molecule has 2 unspecified atom stereocenters. The Bertz CT molecular complexity index is 311. The molecule has 2 atom stereocenters. The van der Waals surface area contributed by atoms with Gasteiger partial charge in [0.25, 0.3) is 0 Å². The van der Waals surface area contributed by atoms with E-state index in [4.69, 9.17) is 0 Å². The molecule has 0 fully saturated rings. The molecule has 0 aromatic carbocycles. The maximum absolute atomic E-state index is 2.44. The van der Waals surface area contributed by atoms with E-state index in [0.717, 1.165) is 0 Å². The fourth-order valence-corrected chi connectivity index (χ4v) is 4.87. The summed E-state index contributed by atoms with van der Waals surface area (Å²) in [7, 11) is 4.88. The van der Waals surface area contributed by atoms with Gasteiger partial charge in [-0.05, 0) is 52.4 Å². The highest BCUT2D eigenvalue weighted by atomic mass is 15.3. The lowest BCUT2D eigenvalue weighted by atomic mass is 10.0. The van der Waals surface area contributed by atoms with Crippen LogP contribution in [0.5, 0.6) is 0 Å². The molecule has 0 N–H and O–H groups in total. The molecule has 29 heavy (non-hydrogen) atoms. The SMILES string of the molecule is CCC[N+](C)(CC)CCCCCCCCCCCCCCC[N+](C)(CC)CCC. The summed E-state index contributed by atoms with van der Waals surface area (Å²) in [6.07, 6.45) is 21.6. The van der Waals surface area contributed by atoms with Crippen LogP contribution in [0.3, 0.4) is 0 Å². The van der Waals surface area contributed by atoms with Crippen molar-refractivity contribution in [3.8, 4) is 0 Å². The summed E-state index contributed by atoms with van der Waals surface area (Å²) in [4.78, 5) is 0. The first-order chi connectivity index (χ1) is 13.9. The van der Waals surface area contributed by atoms with Gasteiger partial charge in [0.05, 0.1) is 53.4 Å². The predicted octanol–water partition coefficient (Wildman–Crippen LogP) is 7.81. The van der Waals surface area contributed by atoms with Crippen LogP contribution in [-0.2, 0) is 0 Å². The van der Waals surface area contributed by atoms with Crippen molar-refractivity contribution in [1.82, 2.24) is 0 Å². The number of unbranched alkanes of at least 4 members (excludes halogenated alkanes) is 12. The molecular formula is C27H60N2+2. The summed E-state index contributed by atoms with van der Waals surface area (Å²) in [5.41, 5.74) is 0. The highest BCUT2D eigenvalue weighted by molar-refractivity contribution is 4.50. The molecule has 0 bridgehead atoms. The third-order valence-corrected chi connectivity index (χ3v) is 7.45. The number of quaternary nitrogens is 2. The third-order valence-electron chi connectivity index (χ3n) is 7.45. The largest absolute Gasteiger partial charge is 0.326 e. The van der Waals surface area contributed by atoms with Crippen LogP contribution in [-0.4, -0.2) is 62.3 Å². The van der Waals surface area contributed by atoms with E-state index < -0.39 is 0 Å². The molecule has 176 valence electrons. The zero-order valence-electron chi connectivity index (χ0n) is 21.7. The van der Waals surface area contributed by atoms with Crippen molar-refractivity contribution in [1.29, 1.82) is 0 Å². The van der Waals surface area contributed by atoms with E-state index in [9.17, 15) is 0 Å². The molecule has 0 aromatic heterocycles. The van der Waals surface area contributed by atoms with Gasteiger partial charge in [-0.15, -0.1) is 0 Å². The normalized spacial score (nSPS) is 15.9. The molecule has 0 rings (SSSR count). The topological polar surface area (TPSA) is 0 Å². The molecular weight excluding hydrogens is 352 g/mol. The molecule has 0 radical (unpaired) electrons. The van der Waals surface area contributed by atoms with Crippen LogP contribution in [0.2, 0.25) is 0 Å². The van der Waals surface area contributed by atoms with E-state index in [-0.39, 0.29) is 0 Å². The van der Waals surface area contributed by atoms with Gasteiger partial charge in [0.2, 0.25) is 0 Å². The van der Waals surface area contributed by atoms with E-state index in [1.165, 1.54) is 145 Å². The molecule has 0 aliphatic heterocycles. The van der Waals surface area contributed by atoms with Crippen molar-refractivity contribution >= 4 is 0 Å². The van der Waals surface area contributed by atoms with E-state index >= 15 is 0 Å². The van der Waals surface area contributed by atoms with Crippen molar-refractivity contribution in [2.24, 2.45) is 0 Å². The summed E-state index contributed by atoms with van der Waals surface area (Å²) < 4.78 is 2.57. The lowest BCUT2D eigenvalue weighted by molar-refractivity contribution is -0.908. The van der Waals surface area contributed by atoms with E-state index in [2.05, 4.69) is 41.8 Å². The first-order valence-electron chi connectivity index (χ1n) is 13.6. The summed E-state index contributed by atoms with van der Waals surface area (Å²) in [5, 5.41) is 0. The summed E-state index contributed by atoms with van der Waals surface area (Å²) in [6.45, 7) is 17.4. The zero-order valence-corrected chi connectivity index (χ0v) is 21.7. The maximum atomic E-state index is 2.44. The van der Waals surface area contributed by atoms with Gasteiger partial charge in [-0.1, -0.05) is 71.6 Å². The average Bonchev–Trinajstić information content (AvgIpc) is 2.71. The predicted molar refractivity (Wildman–Crippen MR) is 134 cm³/mol. The smallest absolute Gasteiger partial charge is 0.0784 e. The van der Waals surface area contributed by atoms with Crippen LogP contribution in [0.1, 0.15) is 124 Å². The van der Waals surface area contributed by atoms with E-state index in [1.54, 1.807) is 0 Å². The van der Waals surface area contributed by atoms with E-state index in [1.807, 2.05) is 0 Å². The third kappa shape index (κ3) is 16.3. The fraction of sp³-hybridized carbons (Fsp3) is 1.00. The fourth-order valence-electron chi connectivity index (χ4n) is 4.87. The summed E-state index contributed by atoms with van der Waals surface area (Å²) >= 11 is 0. The molecule has 0 amide bonds. The number of hydrogen-bond donors (Lipinski definition) is 0. The zero-order chi connectivity index (χ0) is 21.8. The minimum atomic E-state index is 1.28. The molecule has 0 aliphatic carbocycles. The van der Waals surface area contributed by atoms with Gasteiger partial charge in [0.15, 0.2) is 0 Å². The molecule has 0 aliphatic rings. The average molecular weight is 413 g/mol. The second kappa shape index (κ2) is 18.7. The van der Waals surface area contributed by atoms with Crippen LogP contribution in [0.15, 0.2) is 0 Å². The lowest BCUT2D eigenvalue weighted by Gasteiger charge is -2.33. The molecule has 2 heteroatoms. The Morgan fingerprint density at radius 1 is 0.345 bits per heavy atom. The molecule has 0 saturated carbocycles. The Morgan fingerprint density at radius 3 is 0.793 bits per heavy atom. The van der Waals surface area contributed by atoms with Crippen LogP contribution in [0.4, 0.5) is 0 Å². The number of rotatable bonds is 22. The van der Waals surface area contributed by atoms with Gasteiger partial charge in [-0.3, -0.25) is 0 Å². The van der Waals surface area contributed by atoms with Gasteiger partial charge in [-0.25, -0.2) is 0 Å². The minimum absolute atomic E-state index is 1.28. The van der Waals surface area contributed by atoms with Crippen molar-refractivity contribution in [3.05, 3.63) is 0 Å². The Labute approximate surface area is 186 Å². The quantitative estimate of drug-likeness (QED) is 0.126. The van der Waals surface area contributed by atoms with Gasteiger partial charge < -0.3 is 8.97 Å². The maximum Gasteiger partial charge on any atom is 0.0784 e. The highest BCUT2D eigenvalue weighted by Gasteiger charge is 2.17. The van der Waals surface area contributed by atoms with Gasteiger partial charge in [0.1, 0.15) is 0 Å². The molecule has 0 aromatic rings. The van der Waals surface area contributed by atoms with Gasteiger partial charge in [0, 0.05) is 0 Å². The minimum Gasteiger partial charge on any atom is -0.326 e. The van der Waals surface area contributed by atoms with Gasteiger partial charge in [-0.2, -0.15) is 0 Å². The van der Waals surface area contributed by atoms with Crippen LogP contribution in [0.25, 0.3) is 0 Å². The Hall–Kier alpha value is -0.0800. The van der Waals surface area contributed by atoms with Crippen molar-refractivity contribution in [3.63, 3.8) is 0 Å². The molecule has 0 spiro atoms. The Balaban J connectivity index is 3.36. The molecule has 0 heterocycles. The van der Waals surface area contributed by atoms with E-state index in [0.29, 0.717) is 0 Å². The molecule has 0 saturated heterocycles. The summed E-state index contributed by atoms with van der Waals surface area (Å²) in [5.74, 6) is 0. The van der Waals surface area contributed by atoms with Crippen molar-refractivity contribution < 1.29 is 8.97 Å². The molecule has 2 nitrogen and oxygen atoms in total. The summed E-state index contributed by atoms with van der Waals surface area (Å²) in [6, 6.07) is 0. The van der Waals surface area contributed by atoms with Crippen LogP contribution < -0.4 is 0 Å². The monoisotopic (exact) mass is 412 g/mol. The number of nitrogens with zero attached hydrogens (tertiary/aromatic N) is 2. The first-order valence-corrected chi connectivity index (χ1v) is 13.6. The van der Waals surface area contributed by atoms with Crippen LogP contribution >= 0.6 is 0 Å². The Kier molecular flexibility index (Phi) is 18.6. The van der Waals surface area contributed by atoms with Crippen molar-refractivity contribution in [2.45, 2.75) is 124 Å². The standard InChI is InChI=1S/C27H60N2/c1-7-24-28(5,9-3)26-22-20-18-16-14-12-11-13-15-17-19-21-23-27-29(6,10-4)25-8-2/h7-27H2,1-6H3/q+2. The lowest BCUT2D eigenvalue weighted by Crippen LogP contribution is -2.45. The van der Waals surface area contributed by atoms with Crippen LogP contribution in [0, 0.1) is 0 Å². The highest BCUT2D eigenvalue weighted by Crippen LogP contribution is 2.15. The Morgan fingerprint density at radius 2 is 0.586 bits per heavy atom. The first kappa shape index (κ1) is 28.9. The second-order valence-corrected chi connectivity index (χ2v) is 10.4. The number of hydrogen-bond acceptors (Lipinski definition) is 0. The second-order valence-electron chi connectivity index (χ2n) is 10.4. The van der Waals surface area contributed by atoms with Gasteiger partial charge >= 0.3 is 0 Å².